The summed E-state index contributed by atoms with van der Waals surface area (Å²) in [6, 6.07) is 0. The van der Waals surface area contributed by atoms with E-state index < -0.39 is 12.2 Å². The molecule has 2 nitrogen and oxygen atoms in total. The maximum atomic E-state index is 9.00. The number of aliphatic hydroxyl groups is 2. The van der Waals surface area contributed by atoms with Crippen LogP contribution in [0.2, 0.25) is 0 Å². The summed E-state index contributed by atoms with van der Waals surface area (Å²) in [5.41, 5.74) is 0. The molecule has 0 amide bonds. The largest absolute Gasteiger partial charge is 0.389 e. The van der Waals surface area contributed by atoms with Gasteiger partial charge in [-0.05, 0) is 12.8 Å². The number of hydrogen-bond acceptors (Lipinski definition) is 2. The minimum absolute atomic E-state index is 0.402. The number of aliphatic hydroxyl groups excluding tert-OH is 2. The molecule has 0 saturated carbocycles. The molecule has 10 heavy (non-hydrogen) atoms. The van der Waals surface area contributed by atoms with Crippen LogP contribution < -0.4 is 0 Å². The van der Waals surface area contributed by atoms with Crippen LogP contribution in [0, 0.1) is 0 Å². The Morgan fingerprint density at radius 2 is 1.30 bits per heavy atom. The summed E-state index contributed by atoms with van der Waals surface area (Å²) in [5.74, 6) is 0. The second kappa shape index (κ2) is 5.45. The topological polar surface area (TPSA) is 40.5 Å². The van der Waals surface area contributed by atoms with Gasteiger partial charge in [0, 0.05) is 0 Å². The highest BCUT2D eigenvalue weighted by atomic mass is 16.3. The van der Waals surface area contributed by atoms with Crippen LogP contribution in [0.1, 0.15) is 26.7 Å². The maximum absolute atomic E-state index is 9.00. The van der Waals surface area contributed by atoms with Gasteiger partial charge in [0.25, 0.3) is 0 Å². The third-order valence-corrected chi connectivity index (χ3v) is 1.39. The Bertz CT molecular complexity index is 87.4. The van der Waals surface area contributed by atoms with Gasteiger partial charge in [-0.25, -0.2) is 0 Å². The molecular formula is C8H16O2. The summed E-state index contributed by atoms with van der Waals surface area (Å²) in [5, 5.41) is 18.0. The molecule has 0 aliphatic rings. The Kier molecular flexibility index (Phi) is 5.26. The van der Waals surface area contributed by atoms with E-state index in [4.69, 9.17) is 10.2 Å². The lowest BCUT2D eigenvalue weighted by Gasteiger charge is -2.02. The Morgan fingerprint density at radius 1 is 1.00 bits per heavy atom. The van der Waals surface area contributed by atoms with Gasteiger partial charge in [-0.15, -0.1) is 0 Å². The fourth-order valence-electron chi connectivity index (χ4n) is 0.529. The molecule has 0 radical (unpaired) electrons. The van der Waals surface area contributed by atoms with E-state index in [-0.39, 0.29) is 0 Å². The van der Waals surface area contributed by atoms with E-state index in [1.807, 2.05) is 13.8 Å². The summed E-state index contributed by atoms with van der Waals surface area (Å²) >= 11 is 0. The summed E-state index contributed by atoms with van der Waals surface area (Å²) in [4.78, 5) is 0. The fraction of sp³-hybridized carbons (Fsp3) is 0.750. The quantitative estimate of drug-likeness (QED) is 0.580. The summed E-state index contributed by atoms with van der Waals surface area (Å²) in [7, 11) is 0. The van der Waals surface area contributed by atoms with Gasteiger partial charge in [0.2, 0.25) is 0 Å². The second-order valence-corrected chi connectivity index (χ2v) is 2.34. The highest BCUT2D eigenvalue weighted by Gasteiger charge is 1.95. The van der Waals surface area contributed by atoms with Crippen molar-refractivity contribution in [3.63, 3.8) is 0 Å². The van der Waals surface area contributed by atoms with Crippen molar-refractivity contribution in [2.45, 2.75) is 38.9 Å². The molecular weight excluding hydrogens is 128 g/mol. The van der Waals surface area contributed by atoms with Crippen LogP contribution in [-0.4, -0.2) is 22.4 Å². The predicted molar refractivity (Wildman–Crippen MR) is 41.7 cm³/mol. The first-order chi connectivity index (χ1) is 4.70. The smallest absolute Gasteiger partial charge is 0.0719 e. The third-order valence-electron chi connectivity index (χ3n) is 1.39. The zero-order valence-corrected chi connectivity index (χ0v) is 6.62. The molecule has 0 rings (SSSR count). The SMILES string of the molecule is CC[C@H](O)/C=C/[C@@H](O)CC. The summed E-state index contributed by atoms with van der Waals surface area (Å²) in [6.07, 6.45) is 3.87. The van der Waals surface area contributed by atoms with Gasteiger partial charge in [-0.2, -0.15) is 0 Å². The van der Waals surface area contributed by atoms with Crippen LogP contribution >= 0.6 is 0 Å². The van der Waals surface area contributed by atoms with Gasteiger partial charge in [-0.1, -0.05) is 26.0 Å². The highest BCUT2D eigenvalue weighted by Crippen LogP contribution is 1.96. The van der Waals surface area contributed by atoms with E-state index in [1.54, 1.807) is 12.2 Å². The maximum Gasteiger partial charge on any atom is 0.0719 e. The van der Waals surface area contributed by atoms with Crippen molar-refractivity contribution in [3.8, 4) is 0 Å². The molecule has 2 heteroatoms. The van der Waals surface area contributed by atoms with Crippen LogP contribution in [0.3, 0.4) is 0 Å². The first kappa shape index (κ1) is 9.66. The molecule has 0 aliphatic carbocycles. The molecule has 0 aromatic carbocycles. The normalized spacial score (nSPS) is 17.6. The van der Waals surface area contributed by atoms with Crippen molar-refractivity contribution in [1.82, 2.24) is 0 Å². The van der Waals surface area contributed by atoms with E-state index in [0.717, 1.165) is 0 Å². The molecule has 0 aromatic rings. The van der Waals surface area contributed by atoms with Crippen molar-refractivity contribution in [3.05, 3.63) is 12.2 Å². The first-order valence-corrected chi connectivity index (χ1v) is 3.75. The molecule has 0 aromatic heterocycles. The minimum Gasteiger partial charge on any atom is -0.389 e. The Balaban J connectivity index is 3.52. The zero-order chi connectivity index (χ0) is 7.98. The molecule has 60 valence electrons. The van der Waals surface area contributed by atoms with Gasteiger partial charge >= 0.3 is 0 Å². The molecule has 0 bridgehead atoms. The van der Waals surface area contributed by atoms with Gasteiger partial charge in [0.1, 0.15) is 0 Å². The first-order valence-electron chi connectivity index (χ1n) is 3.75. The monoisotopic (exact) mass is 144 g/mol. The predicted octanol–water partition coefficient (Wildman–Crippen LogP) is 1.08. The molecule has 2 atom stereocenters. The highest BCUT2D eigenvalue weighted by molar-refractivity contribution is 4.92. The van der Waals surface area contributed by atoms with Crippen LogP contribution in [0.5, 0.6) is 0 Å². The molecule has 0 aliphatic heterocycles. The van der Waals surface area contributed by atoms with Crippen molar-refractivity contribution in [1.29, 1.82) is 0 Å². The lowest BCUT2D eigenvalue weighted by molar-refractivity contribution is 0.203. The second-order valence-electron chi connectivity index (χ2n) is 2.34. The van der Waals surface area contributed by atoms with E-state index in [0.29, 0.717) is 12.8 Å². The summed E-state index contributed by atoms with van der Waals surface area (Å²) in [6.45, 7) is 3.79. The average Bonchev–Trinajstić information content (AvgIpc) is 1.99. The van der Waals surface area contributed by atoms with E-state index in [2.05, 4.69) is 0 Å². The lowest BCUT2D eigenvalue weighted by Crippen LogP contribution is -2.03. The average molecular weight is 144 g/mol. The Labute approximate surface area is 62.2 Å². The summed E-state index contributed by atoms with van der Waals surface area (Å²) < 4.78 is 0. The fourth-order valence-corrected chi connectivity index (χ4v) is 0.529. The van der Waals surface area contributed by atoms with Crippen LogP contribution in [0.25, 0.3) is 0 Å². The number of rotatable bonds is 4. The van der Waals surface area contributed by atoms with Crippen LogP contribution in [0.15, 0.2) is 12.2 Å². The van der Waals surface area contributed by atoms with Gasteiger partial charge < -0.3 is 10.2 Å². The van der Waals surface area contributed by atoms with Gasteiger partial charge in [-0.3, -0.25) is 0 Å². The molecule has 0 saturated heterocycles. The van der Waals surface area contributed by atoms with Crippen molar-refractivity contribution in [2.24, 2.45) is 0 Å². The standard InChI is InChI=1S/C8H16O2/c1-3-7(9)5-6-8(10)4-2/h5-10H,3-4H2,1-2H3/b6-5+/t7-,8-/m0/s1. The van der Waals surface area contributed by atoms with E-state index in [9.17, 15) is 0 Å². The number of hydrogen-bond donors (Lipinski definition) is 2. The van der Waals surface area contributed by atoms with Crippen molar-refractivity contribution < 1.29 is 10.2 Å². The Hall–Kier alpha value is -0.340. The minimum atomic E-state index is -0.402. The van der Waals surface area contributed by atoms with Crippen molar-refractivity contribution in [2.75, 3.05) is 0 Å². The van der Waals surface area contributed by atoms with E-state index in [1.165, 1.54) is 0 Å². The zero-order valence-electron chi connectivity index (χ0n) is 6.62. The molecule has 0 fully saturated rings. The Morgan fingerprint density at radius 3 is 1.50 bits per heavy atom. The molecule has 0 unspecified atom stereocenters. The van der Waals surface area contributed by atoms with Crippen LogP contribution in [0.4, 0.5) is 0 Å². The van der Waals surface area contributed by atoms with Gasteiger partial charge in [0.05, 0.1) is 12.2 Å². The van der Waals surface area contributed by atoms with Crippen LogP contribution in [-0.2, 0) is 0 Å². The lowest BCUT2D eigenvalue weighted by atomic mass is 10.2. The molecule has 0 spiro atoms. The third kappa shape index (κ3) is 4.53. The van der Waals surface area contributed by atoms with Crippen molar-refractivity contribution >= 4 is 0 Å². The molecule has 2 N–H and O–H groups in total. The van der Waals surface area contributed by atoms with E-state index >= 15 is 0 Å². The van der Waals surface area contributed by atoms with Gasteiger partial charge in [0.15, 0.2) is 0 Å². The molecule has 0 heterocycles.